The van der Waals surface area contributed by atoms with Gasteiger partial charge < -0.3 is 20.4 Å². The first kappa shape index (κ1) is 24.6. The standard InChI is InChI=1S/C24H17NO10S/c26-18(27)8-12-6-5-11(7-15(12)24(32)33)10-25-36(34,35)17-9-16-19(23(31)22(17)30)21(29)14-4-2-1-3-13(14)20(16)28/h1-7,9,25,30-31H,8,10H2,(H,26,27)(H,32,33). The predicted octanol–water partition coefficient (Wildman–Crippen LogP) is 1.68. The van der Waals surface area contributed by atoms with Gasteiger partial charge in [0.05, 0.1) is 17.5 Å². The molecule has 0 bridgehead atoms. The number of fused-ring (bicyclic) bond motifs is 2. The fourth-order valence-corrected chi connectivity index (χ4v) is 5.05. The molecule has 5 N–H and O–H groups in total. The van der Waals surface area contributed by atoms with Crippen molar-refractivity contribution in [3.63, 3.8) is 0 Å². The number of phenols is 2. The Bertz CT molecular complexity index is 1590. The lowest BCUT2D eigenvalue weighted by atomic mass is 9.83. The number of carboxylic acid groups (broad SMARTS) is 2. The minimum atomic E-state index is -4.59. The van der Waals surface area contributed by atoms with Crippen LogP contribution in [0.1, 0.15) is 53.3 Å². The number of rotatable bonds is 7. The van der Waals surface area contributed by atoms with Gasteiger partial charge in [-0.15, -0.1) is 0 Å². The molecule has 0 spiro atoms. The Morgan fingerprint density at radius 2 is 1.47 bits per heavy atom. The molecule has 1 aliphatic rings. The summed E-state index contributed by atoms with van der Waals surface area (Å²) in [5.74, 6) is -6.32. The summed E-state index contributed by atoms with van der Waals surface area (Å²) < 4.78 is 28.0. The van der Waals surface area contributed by atoms with Crippen molar-refractivity contribution in [2.75, 3.05) is 0 Å². The molecule has 0 saturated carbocycles. The largest absolute Gasteiger partial charge is 0.504 e. The SMILES string of the molecule is O=C(O)Cc1ccc(CNS(=O)(=O)c2cc3c(c(O)c2O)C(=O)c2ccccc2C3=O)cc1C(=O)O. The quantitative estimate of drug-likeness (QED) is 0.228. The van der Waals surface area contributed by atoms with Gasteiger partial charge in [0.25, 0.3) is 0 Å². The molecule has 3 aromatic rings. The lowest BCUT2D eigenvalue weighted by Gasteiger charge is -2.20. The molecule has 3 aromatic carbocycles. The van der Waals surface area contributed by atoms with E-state index in [0.29, 0.717) is 0 Å². The second-order valence-corrected chi connectivity index (χ2v) is 9.63. The van der Waals surface area contributed by atoms with E-state index < -0.39 is 74.0 Å². The number of hydrogen-bond acceptors (Lipinski definition) is 8. The summed E-state index contributed by atoms with van der Waals surface area (Å²) in [6.45, 7) is -0.469. The van der Waals surface area contributed by atoms with Crippen LogP contribution in [0.15, 0.2) is 53.4 Å². The molecule has 12 heteroatoms. The van der Waals surface area contributed by atoms with Gasteiger partial charge in [0.2, 0.25) is 10.0 Å². The van der Waals surface area contributed by atoms with Gasteiger partial charge in [-0.25, -0.2) is 17.9 Å². The van der Waals surface area contributed by atoms with Crippen molar-refractivity contribution in [1.29, 1.82) is 0 Å². The first-order valence-corrected chi connectivity index (χ1v) is 11.7. The molecule has 0 atom stereocenters. The van der Waals surface area contributed by atoms with Crippen LogP contribution in [0, 0.1) is 0 Å². The smallest absolute Gasteiger partial charge is 0.335 e. The van der Waals surface area contributed by atoms with Gasteiger partial charge in [0.1, 0.15) is 4.90 Å². The summed E-state index contributed by atoms with van der Waals surface area (Å²) in [5.41, 5.74) is -1.06. The van der Waals surface area contributed by atoms with Crippen molar-refractivity contribution in [1.82, 2.24) is 4.72 Å². The zero-order chi connectivity index (χ0) is 26.4. The molecule has 0 saturated heterocycles. The summed E-state index contributed by atoms with van der Waals surface area (Å²) in [4.78, 5) is 47.3. The third-order valence-electron chi connectivity index (χ3n) is 5.63. The Kier molecular flexibility index (Phi) is 6.08. The molecular weight excluding hydrogens is 494 g/mol. The predicted molar refractivity (Wildman–Crippen MR) is 122 cm³/mol. The zero-order valence-electron chi connectivity index (χ0n) is 18.2. The summed E-state index contributed by atoms with van der Waals surface area (Å²) >= 11 is 0. The Labute approximate surface area is 203 Å². The lowest BCUT2D eigenvalue weighted by molar-refractivity contribution is -0.136. The third kappa shape index (κ3) is 4.19. The molecule has 1 aliphatic carbocycles. The van der Waals surface area contributed by atoms with E-state index in [-0.39, 0.29) is 27.8 Å². The van der Waals surface area contributed by atoms with Crippen LogP contribution in [-0.2, 0) is 27.8 Å². The van der Waals surface area contributed by atoms with E-state index in [0.717, 1.165) is 12.1 Å². The summed E-state index contributed by atoms with van der Waals surface area (Å²) in [6, 6.07) is 10.2. The molecule has 0 unspecified atom stereocenters. The maximum atomic E-state index is 13.0. The highest BCUT2D eigenvalue weighted by Gasteiger charge is 2.36. The van der Waals surface area contributed by atoms with Crippen molar-refractivity contribution < 1.29 is 48.0 Å². The molecule has 0 amide bonds. The molecule has 0 fully saturated rings. The number of ketones is 2. The van der Waals surface area contributed by atoms with Crippen LogP contribution in [-0.4, -0.2) is 52.3 Å². The number of aromatic carboxylic acids is 1. The van der Waals surface area contributed by atoms with Crippen LogP contribution >= 0.6 is 0 Å². The zero-order valence-corrected chi connectivity index (χ0v) is 19.0. The Morgan fingerprint density at radius 1 is 0.833 bits per heavy atom. The number of aliphatic carboxylic acids is 1. The molecule has 0 heterocycles. The maximum Gasteiger partial charge on any atom is 0.335 e. The average Bonchev–Trinajstić information content (AvgIpc) is 2.83. The highest BCUT2D eigenvalue weighted by Crippen LogP contribution is 2.42. The minimum Gasteiger partial charge on any atom is -0.504 e. The molecule has 184 valence electrons. The molecule has 11 nitrogen and oxygen atoms in total. The van der Waals surface area contributed by atoms with E-state index in [4.69, 9.17) is 5.11 Å². The number of phenolic OH excluding ortho intramolecular Hbond substituents is 2. The first-order valence-electron chi connectivity index (χ1n) is 10.3. The van der Waals surface area contributed by atoms with Crippen molar-refractivity contribution in [3.05, 3.63) is 87.5 Å². The van der Waals surface area contributed by atoms with Gasteiger partial charge in [-0.05, 0) is 23.3 Å². The maximum absolute atomic E-state index is 13.0. The van der Waals surface area contributed by atoms with Crippen LogP contribution in [0.5, 0.6) is 11.5 Å². The monoisotopic (exact) mass is 511 g/mol. The molecule has 4 rings (SSSR count). The van der Waals surface area contributed by atoms with Crippen molar-refractivity contribution in [3.8, 4) is 11.5 Å². The van der Waals surface area contributed by atoms with Crippen molar-refractivity contribution in [2.45, 2.75) is 17.9 Å². The number of nitrogens with one attached hydrogen (secondary N) is 1. The normalized spacial score (nSPS) is 12.7. The van der Waals surface area contributed by atoms with E-state index in [1.807, 2.05) is 0 Å². The summed E-state index contributed by atoms with van der Waals surface area (Å²) in [6.07, 6.45) is -0.550. The molecule has 0 radical (unpaired) electrons. The van der Waals surface area contributed by atoms with E-state index in [1.54, 1.807) is 0 Å². The molecule has 36 heavy (non-hydrogen) atoms. The topological polar surface area (TPSA) is 195 Å². The van der Waals surface area contributed by atoms with Gasteiger partial charge >= 0.3 is 11.9 Å². The Balaban J connectivity index is 1.69. The average molecular weight is 511 g/mol. The lowest BCUT2D eigenvalue weighted by Crippen LogP contribution is -2.26. The van der Waals surface area contributed by atoms with Crippen LogP contribution in [0.4, 0.5) is 0 Å². The molecule has 0 aliphatic heterocycles. The number of aromatic hydroxyl groups is 2. The second kappa shape index (κ2) is 8.91. The summed E-state index contributed by atoms with van der Waals surface area (Å²) in [7, 11) is -4.59. The second-order valence-electron chi connectivity index (χ2n) is 7.89. The number of carbonyl (C=O) groups excluding carboxylic acids is 2. The van der Waals surface area contributed by atoms with E-state index >= 15 is 0 Å². The van der Waals surface area contributed by atoms with Crippen LogP contribution in [0.25, 0.3) is 0 Å². The van der Waals surface area contributed by atoms with E-state index in [2.05, 4.69) is 4.72 Å². The molecular formula is C24H17NO10S. The number of carbonyl (C=O) groups is 4. The van der Waals surface area contributed by atoms with E-state index in [1.165, 1.54) is 36.4 Å². The highest BCUT2D eigenvalue weighted by molar-refractivity contribution is 7.89. The van der Waals surface area contributed by atoms with Gasteiger partial charge in [-0.1, -0.05) is 36.4 Å². The molecule has 0 aromatic heterocycles. The minimum absolute atomic E-state index is 0.000915. The summed E-state index contributed by atoms with van der Waals surface area (Å²) in [5, 5.41) is 39.1. The number of carboxylic acids is 2. The van der Waals surface area contributed by atoms with Crippen molar-refractivity contribution in [2.24, 2.45) is 0 Å². The van der Waals surface area contributed by atoms with Crippen molar-refractivity contribution >= 4 is 33.5 Å². The highest BCUT2D eigenvalue weighted by atomic mass is 32.2. The number of benzene rings is 3. The van der Waals surface area contributed by atoms with Crippen LogP contribution in [0.2, 0.25) is 0 Å². The third-order valence-corrected chi connectivity index (χ3v) is 7.04. The van der Waals surface area contributed by atoms with Gasteiger partial charge in [0, 0.05) is 23.2 Å². The number of sulfonamides is 1. The fraction of sp³-hybridized carbons (Fsp3) is 0.0833. The van der Waals surface area contributed by atoms with Gasteiger partial charge in [0.15, 0.2) is 23.1 Å². The van der Waals surface area contributed by atoms with Crippen LogP contribution < -0.4 is 4.72 Å². The van der Waals surface area contributed by atoms with Gasteiger partial charge in [-0.3, -0.25) is 14.4 Å². The Morgan fingerprint density at radius 3 is 2.08 bits per heavy atom. The first-order chi connectivity index (χ1) is 16.9. The van der Waals surface area contributed by atoms with E-state index in [9.17, 15) is 42.9 Å². The fourth-order valence-electron chi connectivity index (χ4n) is 3.91. The Hall–Kier alpha value is -4.55. The van der Waals surface area contributed by atoms with Crippen LogP contribution in [0.3, 0.4) is 0 Å². The number of hydrogen-bond donors (Lipinski definition) is 5. The van der Waals surface area contributed by atoms with Gasteiger partial charge in [-0.2, -0.15) is 0 Å².